The molecule has 4 nitrogen and oxygen atoms in total. The fourth-order valence-electron chi connectivity index (χ4n) is 0.933. The van der Waals surface area contributed by atoms with Crippen LogP contribution in [-0.4, -0.2) is 11.1 Å². The highest BCUT2D eigenvalue weighted by Crippen LogP contribution is 2.24. The topological polar surface area (TPSA) is 87.1 Å². The Bertz CT molecular complexity index is 409. The molecule has 0 aliphatic carbocycles. The van der Waals surface area contributed by atoms with Crippen molar-refractivity contribution in [3.8, 4) is 6.07 Å². The molecule has 13 heavy (non-hydrogen) atoms. The Hall–Kier alpha value is -1.54. The second kappa shape index (κ2) is 3.46. The average Bonchev–Trinajstić information content (AvgIpc) is 2.07. The van der Waals surface area contributed by atoms with E-state index >= 15 is 0 Å². The van der Waals surface area contributed by atoms with Crippen LogP contribution in [0.15, 0.2) is 16.6 Å². The van der Waals surface area contributed by atoms with E-state index in [0.29, 0.717) is 4.47 Å². The number of hydrogen-bond donors (Lipinski definition) is 2. The summed E-state index contributed by atoms with van der Waals surface area (Å²) in [7, 11) is 0. The van der Waals surface area contributed by atoms with Crippen molar-refractivity contribution in [2.75, 3.05) is 5.73 Å². The van der Waals surface area contributed by atoms with Gasteiger partial charge in [0.25, 0.3) is 0 Å². The lowest BCUT2D eigenvalue weighted by atomic mass is 10.1. The van der Waals surface area contributed by atoms with E-state index in [9.17, 15) is 4.79 Å². The Kier molecular flexibility index (Phi) is 2.54. The largest absolute Gasteiger partial charge is 0.478 e. The van der Waals surface area contributed by atoms with Crippen molar-refractivity contribution in [2.24, 2.45) is 0 Å². The predicted molar refractivity (Wildman–Crippen MR) is 50.2 cm³/mol. The van der Waals surface area contributed by atoms with Gasteiger partial charge in [0.1, 0.15) is 11.6 Å². The second-order valence-electron chi connectivity index (χ2n) is 2.30. The number of nitrogen functional groups attached to an aromatic ring is 1. The van der Waals surface area contributed by atoms with Gasteiger partial charge in [-0.15, -0.1) is 0 Å². The highest BCUT2D eigenvalue weighted by molar-refractivity contribution is 9.10. The molecule has 0 spiro atoms. The Morgan fingerprint density at radius 1 is 1.62 bits per heavy atom. The summed E-state index contributed by atoms with van der Waals surface area (Å²) < 4.78 is 0.432. The van der Waals surface area contributed by atoms with Gasteiger partial charge in [0.2, 0.25) is 0 Å². The SMILES string of the molecule is N#Cc1c(Br)ccc(N)c1C(=O)O. The van der Waals surface area contributed by atoms with Crippen molar-refractivity contribution in [3.05, 3.63) is 27.7 Å². The maximum atomic E-state index is 10.7. The third-order valence-corrected chi connectivity index (χ3v) is 2.17. The molecule has 0 aliphatic heterocycles. The fourth-order valence-corrected chi connectivity index (χ4v) is 1.35. The summed E-state index contributed by atoms with van der Waals surface area (Å²) in [4.78, 5) is 10.7. The number of aromatic carboxylic acids is 1. The van der Waals surface area contributed by atoms with Crippen molar-refractivity contribution in [3.63, 3.8) is 0 Å². The van der Waals surface area contributed by atoms with Gasteiger partial charge in [0.15, 0.2) is 0 Å². The lowest BCUT2D eigenvalue weighted by molar-refractivity contribution is 0.0697. The zero-order valence-corrected chi connectivity index (χ0v) is 8.00. The molecule has 1 aromatic rings. The van der Waals surface area contributed by atoms with Crippen molar-refractivity contribution in [1.29, 1.82) is 5.26 Å². The number of carboxylic acid groups (broad SMARTS) is 1. The minimum atomic E-state index is -1.20. The van der Waals surface area contributed by atoms with Crippen LogP contribution in [0.4, 0.5) is 5.69 Å². The van der Waals surface area contributed by atoms with E-state index < -0.39 is 5.97 Å². The van der Waals surface area contributed by atoms with Crippen LogP contribution in [0.3, 0.4) is 0 Å². The molecule has 0 amide bonds. The second-order valence-corrected chi connectivity index (χ2v) is 3.16. The summed E-state index contributed by atoms with van der Waals surface area (Å²) in [5.41, 5.74) is 5.40. The van der Waals surface area contributed by atoms with E-state index in [-0.39, 0.29) is 16.8 Å². The van der Waals surface area contributed by atoms with Crippen LogP contribution in [0.25, 0.3) is 0 Å². The first kappa shape index (κ1) is 9.55. The summed E-state index contributed by atoms with van der Waals surface area (Å²) in [6.07, 6.45) is 0. The van der Waals surface area contributed by atoms with Crippen LogP contribution in [-0.2, 0) is 0 Å². The Labute approximate surface area is 82.7 Å². The number of halogens is 1. The standard InChI is InChI=1S/C8H5BrN2O2/c9-5-1-2-6(11)7(8(12)13)4(5)3-10/h1-2H,11H2,(H,12,13). The minimum absolute atomic E-state index is 0.0486. The lowest BCUT2D eigenvalue weighted by Gasteiger charge is -2.03. The van der Waals surface area contributed by atoms with Crippen LogP contribution in [0.2, 0.25) is 0 Å². The monoisotopic (exact) mass is 240 g/mol. The molecule has 66 valence electrons. The number of nitrogens with two attached hydrogens (primary N) is 1. The van der Waals surface area contributed by atoms with Crippen molar-refractivity contribution < 1.29 is 9.90 Å². The smallest absolute Gasteiger partial charge is 0.339 e. The molecular weight excluding hydrogens is 236 g/mol. The molecule has 0 aliphatic rings. The average molecular weight is 241 g/mol. The lowest BCUT2D eigenvalue weighted by Crippen LogP contribution is -2.05. The maximum absolute atomic E-state index is 10.7. The van der Waals surface area contributed by atoms with Gasteiger partial charge >= 0.3 is 5.97 Å². The molecule has 0 aromatic heterocycles. The van der Waals surface area contributed by atoms with Gasteiger partial charge in [-0.3, -0.25) is 0 Å². The molecule has 3 N–H and O–H groups in total. The summed E-state index contributed by atoms with van der Waals surface area (Å²) in [5, 5.41) is 17.4. The van der Waals surface area contributed by atoms with E-state index in [1.807, 2.05) is 0 Å². The van der Waals surface area contributed by atoms with Gasteiger partial charge in [-0.2, -0.15) is 5.26 Å². The van der Waals surface area contributed by atoms with E-state index in [1.54, 1.807) is 12.1 Å². The van der Waals surface area contributed by atoms with Crippen LogP contribution in [0, 0.1) is 11.3 Å². The van der Waals surface area contributed by atoms with Gasteiger partial charge in [-0.1, -0.05) is 0 Å². The zero-order chi connectivity index (χ0) is 10.0. The number of carboxylic acids is 1. The zero-order valence-electron chi connectivity index (χ0n) is 6.41. The van der Waals surface area contributed by atoms with Crippen LogP contribution >= 0.6 is 15.9 Å². The van der Waals surface area contributed by atoms with Crippen molar-refractivity contribution in [1.82, 2.24) is 0 Å². The summed E-state index contributed by atoms with van der Waals surface area (Å²) in [6, 6.07) is 4.76. The quantitative estimate of drug-likeness (QED) is 0.731. The molecule has 0 atom stereocenters. The first-order chi connectivity index (χ1) is 6.07. The molecular formula is C8H5BrN2O2. The fraction of sp³-hybridized carbons (Fsp3) is 0. The van der Waals surface area contributed by atoms with Gasteiger partial charge in [-0.05, 0) is 28.1 Å². The predicted octanol–water partition coefficient (Wildman–Crippen LogP) is 1.60. The van der Waals surface area contributed by atoms with Crippen LogP contribution in [0.1, 0.15) is 15.9 Å². The molecule has 0 unspecified atom stereocenters. The van der Waals surface area contributed by atoms with Gasteiger partial charge in [-0.25, -0.2) is 4.79 Å². The van der Waals surface area contributed by atoms with Gasteiger partial charge in [0, 0.05) is 10.2 Å². The van der Waals surface area contributed by atoms with E-state index in [4.69, 9.17) is 16.1 Å². The molecule has 0 heterocycles. The molecule has 0 saturated heterocycles. The van der Waals surface area contributed by atoms with E-state index in [0.717, 1.165) is 0 Å². The highest BCUT2D eigenvalue weighted by atomic mass is 79.9. The van der Waals surface area contributed by atoms with E-state index in [1.165, 1.54) is 6.07 Å². The van der Waals surface area contributed by atoms with Crippen LogP contribution < -0.4 is 5.73 Å². The number of anilines is 1. The minimum Gasteiger partial charge on any atom is -0.478 e. The normalized spacial score (nSPS) is 9.23. The third kappa shape index (κ3) is 1.63. The number of nitriles is 1. The molecule has 0 bridgehead atoms. The molecule has 0 radical (unpaired) electrons. The number of nitrogens with zero attached hydrogens (tertiary/aromatic N) is 1. The van der Waals surface area contributed by atoms with Crippen LogP contribution in [0.5, 0.6) is 0 Å². The maximum Gasteiger partial charge on any atom is 0.339 e. The number of benzene rings is 1. The summed E-state index contributed by atoms with van der Waals surface area (Å²) >= 11 is 3.07. The first-order valence-electron chi connectivity index (χ1n) is 3.29. The Morgan fingerprint density at radius 3 is 2.62 bits per heavy atom. The molecule has 0 saturated carbocycles. The number of carbonyl (C=O) groups is 1. The third-order valence-electron chi connectivity index (χ3n) is 1.51. The summed E-state index contributed by atoms with van der Waals surface area (Å²) in [5.74, 6) is -1.20. The van der Waals surface area contributed by atoms with E-state index in [2.05, 4.69) is 15.9 Å². The molecule has 1 aromatic carbocycles. The Balaban J connectivity index is 3.55. The molecule has 0 fully saturated rings. The van der Waals surface area contributed by atoms with Crippen molar-refractivity contribution in [2.45, 2.75) is 0 Å². The number of rotatable bonds is 1. The Morgan fingerprint density at radius 2 is 2.23 bits per heavy atom. The number of hydrogen-bond acceptors (Lipinski definition) is 3. The summed E-state index contributed by atoms with van der Waals surface area (Å²) in [6.45, 7) is 0. The van der Waals surface area contributed by atoms with Crippen molar-refractivity contribution >= 4 is 27.6 Å². The van der Waals surface area contributed by atoms with Gasteiger partial charge in [0.05, 0.1) is 5.56 Å². The highest BCUT2D eigenvalue weighted by Gasteiger charge is 2.16. The molecule has 5 heteroatoms. The first-order valence-corrected chi connectivity index (χ1v) is 4.08. The molecule has 1 rings (SSSR count). The van der Waals surface area contributed by atoms with Gasteiger partial charge < -0.3 is 10.8 Å².